The van der Waals surface area contributed by atoms with Crippen LogP contribution >= 0.6 is 0 Å². The van der Waals surface area contributed by atoms with Crippen LogP contribution < -0.4 is 0 Å². The molecule has 1 rings (SSSR count). The van der Waals surface area contributed by atoms with E-state index in [9.17, 15) is 0 Å². The Morgan fingerprint density at radius 1 is 1.23 bits per heavy atom. The van der Waals surface area contributed by atoms with Crippen molar-refractivity contribution in [3.8, 4) is 11.5 Å². The van der Waals surface area contributed by atoms with Crippen molar-refractivity contribution in [1.29, 1.82) is 0 Å². The molecule has 0 spiro atoms. The maximum atomic E-state index is 3.48. The standard InChI is InChI=1S/C12H22Si/c1-2-3-4-8-11-13-12-9-6-5-7-10-12/h12H,2-7,9-10,13H2,1H3. The summed E-state index contributed by atoms with van der Waals surface area (Å²) in [5.74, 6) is 3.35. The predicted molar refractivity (Wildman–Crippen MR) is 62.7 cm³/mol. The highest BCUT2D eigenvalue weighted by atomic mass is 28.2. The summed E-state index contributed by atoms with van der Waals surface area (Å²) in [4.78, 5) is 0. The zero-order chi connectivity index (χ0) is 9.36. The molecule has 74 valence electrons. The third-order valence-corrected chi connectivity index (χ3v) is 4.74. The van der Waals surface area contributed by atoms with Gasteiger partial charge in [0.1, 0.15) is 9.52 Å². The van der Waals surface area contributed by atoms with Gasteiger partial charge in [0.15, 0.2) is 0 Å². The summed E-state index contributed by atoms with van der Waals surface area (Å²) in [5, 5.41) is 0. The van der Waals surface area contributed by atoms with Gasteiger partial charge in [0.2, 0.25) is 0 Å². The molecule has 1 aliphatic carbocycles. The molecule has 1 aliphatic rings. The van der Waals surface area contributed by atoms with Crippen LogP contribution in [0.25, 0.3) is 0 Å². The van der Waals surface area contributed by atoms with Gasteiger partial charge in [0.05, 0.1) is 0 Å². The minimum atomic E-state index is -0.0235. The zero-order valence-corrected chi connectivity index (χ0v) is 10.4. The van der Waals surface area contributed by atoms with Gasteiger partial charge >= 0.3 is 0 Å². The molecule has 1 saturated carbocycles. The molecule has 0 amide bonds. The highest BCUT2D eigenvalue weighted by Crippen LogP contribution is 2.27. The molecule has 0 atom stereocenters. The van der Waals surface area contributed by atoms with Gasteiger partial charge < -0.3 is 0 Å². The predicted octanol–water partition coefficient (Wildman–Crippen LogP) is 3.06. The van der Waals surface area contributed by atoms with E-state index in [4.69, 9.17) is 0 Å². The van der Waals surface area contributed by atoms with Crippen molar-refractivity contribution in [2.24, 2.45) is 0 Å². The Hall–Kier alpha value is -0.223. The number of hydrogen-bond donors (Lipinski definition) is 0. The second-order valence-electron chi connectivity index (χ2n) is 4.17. The average molecular weight is 194 g/mol. The first-order valence-electron chi connectivity index (χ1n) is 5.89. The number of hydrogen-bond acceptors (Lipinski definition) is 0. The summed E-state index contributed by atoms with van der Waals surface area (Å²) in [6.07, 6.45) is 11.2. The number of unbranched alkanes of at least 4 members (excludes halogenated alkanes) is 2. The second-order valence-corrected chi connectivity index (χ2v) is 6.08. The summed E-state index contributed by atoms with van der Waals surface area (Å²) in [7, 11) is -0.0235. The largest absolute Gasteiger partial charge is 0.139 e. The SMILES string of the molecule is CCCCC#C[SiH2]C1CCCCC1. The Bertz CT molecular complexity index is 169. The smallest absolute Gasteiger partial charge is 0.110 e. The van der Waals surface area contributed by atoms with Crippen LogP contribution in [0.1, 0.15) is 58.3 Å². The summed E-state index contributed by atoms with van der Waals surface area (Å²) in [6.45, 7) is 2.24. The minimum Gasteiger partial charge on any atom is -0.139 e. The van der Waals surface area contributed by atoms with E-state index in [0.29, 0.717) is 0 Å². The molecule has 0 nitrogen and oxygen atoms in total. The lowest BCUT2D eigenvalue weighted by Gasteiger charge is -2.18. The topological polar surface area (TPSA) is 0 Å². The zero-order valence-electron chi connectivity index (χ0n) is 8.94. The first-order valence-corrected chi connectivity index (χ1v) is 7.41. The van der Waals surface area contributed by atoms with Crippen LogP contribution in [-0.2, 0) is 0 Å². The third kappa shape index (κ3) is 5.16. The van der Waals surface area contributed by atoms with Crippen LogP contribution in [0, 0.1) is 11.5 Å². The van der Waals surface area contributed by atoms with Crippen molar-refractivity contribution < 1.29 is 0 Å². The van der Waals surface area contributed by atoms with Gasteiger partial charge in [-0.15, -0.1) is 11.5 Å². The maximum absolute atomic E-state index is 3.48. The van der Waals surface area contributed by atoms with Gasteiger partial charge in [-0.25, -0.2) is 0 Å². The molecule has 0 saturated heterocycles. The molecule has 0 aromatic carbocycles. The molecular formula is C12H22Si. The molecule has 0 radical (unpaired) electrons. The molecule has 0 unspecified atom stereocenters. The molecule has 0 bridgehead atoms. The third-order valence-electron chi connectivity index (χ3n) is 2.90. The van der Waals surface area contributed by atoms with Gasteiger partial charge in [0.25, 0.3) is 0 Å². The van der Waals surface area contributed by atoms with Crippen molar-refractivity contribution in [2.45, 2.75) is 63.8 Å². The average Bonchev–Trinajstić information content (AvgIpc) is 2.19. The Labute approximate surface area is 85.3 Å². The van der Waals surface area contributed by atoms with E-state index in [0.717, 1.165) is 12.0 Å². The van der Waals surface area contributed by atoms with Crippen molar-refractivity contribution in [1.82, 2.24) is 0 Å². The van der Waals surface area contributed by atoms with Gasteiger partial charge in [0, 0.05) is 6.42 Å². The van der Waals surface area contributed by atoms with E-state index in [1.807, 2.05) is 0 Å². The lowest BCUT2D eigenvalue weighted by Crippen LogP contribution is -2.06. The summed E-state index contributed by atoms with van der Waals surface area (Å²) in [6, 6.07) is 0. The second kappa shape index (κ2) is 7.21. The fourth-order valence-corrected chi connectivity index (χ4v) is 3.56. The van der Waals surface area contributed by atoms with Gasteiger partial charge in [-0.3, -0.25) is 0 Å². The van der Waals surface area contributed by atoms with Gasteiger partial charge in [-0.05, 0) is 12.0 Å². The van der Waals surface area contributed by atoms with E-state index in [2.05, 4.69) is 18.4 Å². The van der Waals surface area contributed by atoms with E-state index < -0.39 is 0 Å². The lowest BCUT2D eigenvalue weighted by atomic mass is 10.0. The van der Waals surface area contributed by atoms with Crippen molar-refractivity contribution in [2.75, 3.05) is 0 Å². The summed E-state index contributed by atoms with van der Waals surface area (Å²) < 4.78 is 0. The van der Waals surface area contributed by atoms with E-state index in [1.54, 1.807) is 0 Å². The van der Waals surface area contributed by atoms with Crippen LogP contribution in [-0.4, -0.2) is 9.52 Å². The number of rotatable bonds is 3. The van der Waals surface area contributed by atoms with E-state index in [-0.39, 0.29) is 9.52 Å². The minimum absolute atomic E-state index is 0.0235. The molecule has 0 N–H and O–H groups in total. The highest BCUT2D eigenvalue weighted by Gasteiger charge is 2.11. The molecule has 0 heterocycles. The van der Waals surface area contributed by atoms with Crippen LogP contribution in [0.4, 0.5) is 0 Å². The molecule has 1 fully saturated rings. The highest BCUT2D eigenvalue weighted by molar-refractivity contribution is 6.47. The molecule has 13 heavy (non-hydrogen) atoms. The molecule has 0 aromatic rings. The fourth-order valence-electron chi connectivity index (χ4n) is 1.96. The maximum Gasteiger partial charge on any atom is 0.110 e. The first-order chi connectivity index (χ1) is 6.43. The molecule has 1 heteroatoms. The van der Waals surface area contributed by atoms with Crippen LogP contribution in [0.5, 0.6) is 0 Å². The van der Waals surface area contributed by atoms with Gasteiger partial charge in [-0.1, -0.05) is 45.4 Å². The molecule has 0 aliphatic heterocycles. The summed E-state index contributed by atoms with van der Waals surface area (Å²) in [5.41, 5.74) is 4.55. The van der Waals surface area contributed by atoms with Crippen molar-refractivity contribution in [3.05, 3.63) is 0 Å². The van der Waals surface area contributed by atoms with Crippen molar-refractivity contribution in [3.63, 3.8) is 0 Å². The molecule has 0 aromatic heterocycles. The van der Waals surface area contributed by atoms with E-state index in [1.165, 1.54) is 44.9 Å². The van der Waals surface area contributed by atoms with Crippen LogP contribution in [0.15, 0.2) is 0 Å². The van der Waals surface area contributed by atoms with Crippen LogP contribution in [0.2, 0.25) is 5.54 Å². The normalized spacial score (nSPS) is 18.8. The fraction of sp³-hybridized carbons (Fsp3) is 0.833. The molecular weight excluding hydrogens is 172 g/mol. The van der Waals surface area contributed by atoms with Crippen molar-refractivity contribution >= 4 is 9.52 Å². The Morgan fingerprint density at radius 2 is 2.00 bits per heavy atom. The summed E-state index contributed by atoms with van der Waals surface area (Å²) >= 11 is 0. The van der Waals surface area contributed by atoms with E-state index >= 15 is 0 Å². The Morgan fingerprint density at radius 3 is 2.69 bits per heavy atom. The monoisotopic (exact) mass is 194 g/mol. The Balaban J connectivity index is 2.04. The van der Waals surface area contributed by atoms with Crippen LogP contribution in [0.3, 0.4) is 0 Å². The lowest BCUT2D eigenvalue weighted by molar-refractivity contribution is 0.502. The Kier molecular flexibility index (Phi) is 6.02. The van der Waals surface area contributed by atoms with Gasteiger partial charge in [-0.2, -0.15) is 0 Å². The first kappa shape index (κ1) is 10.9. The quantitative estimate of drug-likeness (QED) is 0.368.